The lowest BCUT2D eigenvalue weighted by atomic mass is 9.54. The number of imide groups is 2. The molecule has 0 N–H and O–H groups in total. The summed E-state index contributed by atoms with van der Waals surface area (Å²) in [6, 6.07) is 13.7. The highest BCUT2D eigenvalue weighted by atomic mass is 16.5. The van der Waals surface area contributed by atoms with E-state index in [4.69, 9.17) is 9.47 Å². The zero-order chi connectivity index (χ0) is 25.1. The summed E-state index contributed by atoms with van der Waals surface area (Å²) in [6.07, 6.45) is 3.74. The van der Waals surface area contributed by atoms with Gasteiger partial charge in [0.25, 0.3) is 0 Å². The molecule has 184 valence electrons. The van der Waals surface area contributed by atoms with Crippen LogP contribution in [0, 0.1) is 35.5 Å². The second-order valence-corrected chi connectivity index (χ2v) is 9.52. The Morgan fingerprint density at radius 3 is 1.14 bits per heavy atom. The van der Waals surface area contributed by atoms with Crippen LogP contribution in [0.2, 0.25) is 0 Å². The average Bonchev–Trinajstić information content (AvgIpc) is 3.33. The van der Waals surface area contributed by atoms with Crippen molar-refractivity contribution in [1.82, 2.24) is 0 Å². The number of hydrogen-bond donors (Lipinski definition) is 0. The van der Waals surface area contributed by atoms with Crippen molar-refractivity contribution in [3.05, 3.63) is 60.7 Å². The van der Waals surface area contributed by atoms with Gasteiger partial charge in [-0.05, 0) is 62.4 Å². The molecule has 7 rings (SSSR count). The van der Waals surface area contributed by atoms with Crippen LogP contribution in [-0.4, -0.2) is 36.8 Å². The van der Waals surface area contributed by atoms with Gasteiger partial charge in [0.1, 0.15) is 11.5 Å². The van der Waals surface area contributed by atoms with Gasteiger partial charge in [-0.2, -0.15) is 0 Å². The Bertz CT molecular complexity index is 1140. The molecular formula is C28H26N2O6. The highest BCUT2D eigenvalue weighted by Crippen LogP contribution is 2.58. The molecule has 3 aliphatic carbocycles. The van der Waals surface area contributed by atoms with Crippen molar-refractivity contribution in [3.8, 4) is 11.5 Å². The number of hydrogen-bond acceptors (Lipinski definition) is 6. The molecule has 36 heavy (non-hydrogen) atoms. The third-order valence-corrected chi connectivity index (χ3v) is 7.82. The molecule has 2 aromatic carbocycles. The standard InChI is InChI=1S/C28H26N2O6/c1-3-35-17-9-5-15(6-10-17)29-25(31)21-19-13-14-20(22(21)26(29)32)24-23(19)27(33)30(28(24)34)16-7-11-18(12-8-16)36-4-2/h5-14,19-24H,3-4H2,1-2H3. The maximum atomic E-state index is 13.6. The molecule has 3 fully saturated rings. The van der Waals surface area contributed by atoms with E-state index < -0.39 is 35.5 Å². The van der Waals surface area contributed by atoms with Gasteiger partial charge < -0.3 is 9.47 Å². The summed E-state index contributed by atoms with van der Waals surface area (Å²) in [4.78, 5) is 56.8. The minimum Gasteiger partial charge on any atom is -0.494 e. The molecule has 2 aromatic rings. The van der Waals surface area contributed by atoms with E-state index in [-0.39, 0.29) is 23.6 Å². The number of amides is 4. The maximum absolute atomic E-state index is 13.6. The number of anilines is 2. The molecule has 1 saturated carbocycles. The van der Waals surface area contributed by atoms with Crippen LogP contribution in [0.5, 0.6) is 11.5 Å². The van der Waals surface area contributed by atoms with Crippen LogP contribution in [0.15, 0.2) is 60.7 Å². The molecule has 8 nitrogen and oxygen atoms in total. The van der Waals surface area contributed by atoms with Crippen LogP contribution in [0.4, 0.5) is 11.4 Å². The molecule has 0 radical (unpaired) electrons. The Morgan fingerprint density at radius 2 is 0.861 bits per heavy atom. The van der Waals surface area contributed by atoms with Crippen LogP contribution in [0.1, 0.15) is 13.8 Å². The number of carbonyl (C=O) groups is 4. The summed E-state index contributed by atoms with van der Waals surface area (Å²) >= 11 is 0. The van der Waals surface area contributed by atoms with E-state index in [2.05, 4.69) is 0 Å². The van der Waals surface area contributed by atoms with Crippen LogP contribution in [0.3, 0.4) is 0 Å². The van der Waals surface area contributed by atoms with Crippen LogP contribution < -0.4 is 19.3 Å². The molecule has 2 bridgehead atoms. The smallest absolute Gasteiger partial charge is 0.238 e. The third-order valence-electron chi connectivity index (χ3n) is 7.82. The Morgan fingerprint density at radius 1 is 0.556 bits per heavy atom. The van der Waals surface area contributed by atoms with Crippen LogP contribution in [0.25, 0.3) is 0 Å². The minimum absolute atomic E-state index is 0.313. The van der Waals surface area contributed by atoms with E-state index in [0.717, 1.165) is 0 Å². The number of rotatable bonds is 6. The SMILES string of the molecule is CCOc1ccc(N2C(=O)C3C4C=CC(C3C2=O)C2C(=O)N(c3ccc(OCC)cc3)C(=O)C42)cc1. The summed E-state index contributed by atoms with van der Waals surface area (Å²) < 4.78 is 10.9. The highest BCUT2D eigenvalue weighted by molar-refractivity contribution is 6.26. The topological polar surface area (TPSA) is 93.2 Å². The van der Waals surface area contributed by atoms with Gasteiger partial charge in [-0.3, -0.25) is 29.0 Å². The zero-order valence-electron chi connectivity index (χ0n) is 20.0. The number of benzene rings is 2. The normalized spacial score (nSPS) is 30.2. The second-order valence-electron chi connectivity index (χ2n) is 9.52. The van der Waals surface area contributed by atoms with Gasteiger partial charge in [-0.1, -0.05) is 12.2 Å². The highest BCUT2D eigenvalue weighted by Gasteiger charge is 2.68. The molecule has 5 aliphatic rings. The van der Waals surface area contributed by atoms with E-state index in [0.29, 0.717) is 36.1 Å². The first kappa shape index (κ1) is 22.5. The number of allylic oxidation sites excluding steroid dienone is 2. The van der Waals surface area contributed by atoms with Crippen molar-refractivity contribution < 1.29 is 28.7 Å². The fraction of sp³-hybridized carbons (Fsp3) is 0.357. The van der Waals surface area contributed by atoms with Crippen molar-refractivity contribution in [2.75, 3.05) is 23.0 Å². The van der Waals surface area contributed by atoms with Gasteiger partial charge in [0, 0.05) is 11.8 Å². The van der Waals surface area contributed by atoms with Gasteiger partial charge in [-0.25, -0.2) is 0 Å². The molecular weight excluding hydrogens is 460 g/mol. The van der Waals surface area contributed by atoms with Crippen molar-refractivity contribution in [2.45, 2.75) is 13.8 Å². The molecule has 0 aromatic heterocycles. The summed E-state index contributed by atoms with van der Waals surface area (Å²) in [5.74, 6) is -3.57. The predicted molar refractivity (Wildman–Crippen MR) is 130 cm³/mol. The quantitative estimate of drug-likeness (QED) is 0.460. The lowest BCUT2D eigenvalue weighted by Crippen LogP contribution is -2.50. The third kappa shape index (κ3) is 3.06. The van der Waals surface area contributed by atoms with Gasteiger partial charge >= 0.3 is 0 Å². The Kier molecular flexibility index (Phi) is 5.21. The Balaban J connectivity index is 1.31. The molecule has 8 heteroatoms. The van der Waals surface area contributed by atoms with E-state index in [1.165, 1.54) is 9.80 Å². The minimum atomic E-state index is -0.655. The largest absolute Gasteiger partial charge is 0.494 e. The fourth-order valence-corrected chi connectivity index (χ4v) is 6.45. The number of carbonyl (C=O) groups excluding carboxylic acids is 4. The Labute approximate surface area is 208 Å². The summed E-state index contributed by atoms with van der Waals surface area (Å²) in [6.45, 7) is 4.79. The molecule has 2 saturated heterocycles. The molecule has 2 heterocycles. The van der Waals surface area contributed by atoms with Crippen molar-refractivity contribution in [2.24, 2.45) is 35.5 Å². The first-order valence-electron chi connectivity index (χ1n) is 12.4. The summed E-state index contributed by atoms with van der Waals surface area (Å²) in [5.41, 5.74) is 0.946. The molecule has 2 aliphatic heterocycles. The molecule has 0 spiro atoms. The van der Waals surface area contributed by atoms with Gasteiger partial charge in [0.15, 0.2) is 0 Å². The van der Waals surface area contributed by atoms with Crippen molar-refractivity contribution >= 4 is 35.0 Å². The first-order chi connectivity index (χ1) is 17.5. The maximum Gasteiger partial charge on any atom is 0.238 e. The zero-order valence-corrected chi connectivity index (χ0v) is 20.0. The number of ether oxygens (including phenoxy) is 2. The van der Waals surface area contributed by atoms with Gasteiger partial charge in [0.2, 0.25) is 23.6 Å². The summed E-state index contributed by atoms with van der Waals surface area (Å²) in [7, 11) is 0. The molecule has 4 atom stereocenters. The lowest BCUT2D eigenvalue weighted by Gasteiger charge is -2.44. The second kappa shape index (κ2) is 8.33. The van der Waals surface area contributed by atoms with Gasteiger partial charge in [-0.15, -0.1) is 0 Å². The van der Waals surface area contributed by atoms with Crippen LogP contribution >= 0.6 is 0 Å². The van der Waals surface area contributed by atoms with E-state index in [1.54, 1.807) is 48.5 Å². The van der Waals surface area contributed by atoms with Crippen molar-refractivity contribution in [3.63, 3.8) is 0 Å². The summed E-state index contributed by atoms with van der Waals surface area (Å²) in [5, 5.41) is 0. The van der Waals surface area contributed by atoms with Crippen molar-refractivity contribution in [1.29, 1.82) is 0 Å². The van der Waals surface area contributed by atoms with Crippen LogP contribution in [-0.2, 0) is 19.2 Å². The first-order valence-corrected chi connectivity index (χ1v) is 12.4. The average molecular weight is 487 g/mol. The fourth-order valence-electron chi connectivity index (χ4n) is 6.45. The van der Waals surface area contributed by atoms with E-state index in [1.807, 2.05) is 26.0 Å². The monoisotopic (exact) mass is 486 g/mol. The van der Waals surface area contributed by atoms with Gasteiger partial charge in [0.05, 0.1) is 48.3 Å². The molecule has 4 amide bonds. The number of nitrogens with zero attached hydrogens (tertiary/aromatic N) is 2. The van der Waals surface area contributed by atoms with E-state index >= 15 is 0 Å². The predicted octanol–water partition coefficient (Wildman–Crippen LogP) is 3.21. The Hall–Kier alpha value is -3.94. The van der Waals surface area contributed by atoms with E-state index in [9.17, 15) is 19.2 Å². The molecule has 4 unspecified atom stereocenters. The lowest BCUT2D eigenvalue weighted by molar-refractivity contribution is -0.137.